The lowest BCUT2D eigenvalue weighted by Crippen LogP contribution is -2.44. The van der Waals surface area contributed by atoms with Crippen molar-refractivity contribution in [1.29, 1.82) is 0 Å². The number of hydrogen-bond acceptors (Lipinski definition) is 5. The van der Waals surface area contributed by atoms with Crippen LogP contribution in [0, 0.1) is 5.92 Å². The van der Waals surface area contributed by atoms with E-state index in [0.29, 0.717) is 13.2 Å². The van der Waals surface area contributed by atoms with E-state index in [1.807, 2.05) is 17.2 Å². The lowest BCUT2D eigenvalue weighted by molar-refractivity contribution is -0.138. The minimum Gasteiger partial charge on any atom is -0.378 e. The van der Waals surface area contributed by atoms with E-state index >= 15 is 0 Å². The highest BCUT2D eigenvalue weighted by molar-refractivity contribution is 5.80. The molecule has 2 aliphatic rings. The molecule has 2 saturated heterocycles. The van der Waals surface area contributed by atoms with E-state index in [2.05, 4.69) is 30.7 Å². The Labute approximate surface area is 137 Å². The summed E-state index contributed by atoms with van der Waals surface area (Å²) < 4.78 is 5.33. The fourth-order valence-electron chi connectivity index (χ4n) is 3.10. The first kappa shape index (κ1) is 16.2. The monoisotopic (exact) mass is 318 g/mol. The summed E-state index contributed by atoms with van der Waals surface area (Å²) >= 11 is 0. The van der Waals surface area contributed by atoms with E-state index in [1.165, 1.54) is 0 Å². The lowest BCUT2D eigenvalue weighted by Gasteiger charge is -2.29. The van der Waals surface area contributed by atoms with Crippen molar-refractivity contribution in [2.75, 3.05) is 44.3 Å². The number of morpholine rings is 1. The molecule has 3 rings (SSSR count). The minimum absolute atomic E-state index is 0.0705. The minimum atomic E-state index is -0.0707. The first-order valence-corrected chi connectivity index (χ1v) is 8.40. The quantitative estimate of drug-likeness (QED) is 0.826. The van der Waals surface area contributed by atoms with Gasteiger partial charge in [-0.3, -0.25) is 4.79 Å². The van der Waals surface area contributed by atoms with E-state index in [4.69, 9.17) is 9.72 Å². The van der Waals surface area contributed by atoms with Gasteiger partial charge in [-0.2, -0.15) is 0 Å². The summed E-state index contributed by atoms with van der Waals surface area (Å²) in [5.74, 6) is 2.11. The molecule has 2 aliphatic heterocycles. The molecule has 0 N–H and O–H groups in total. The summed E-state index contributed by atoms with van der Waals surface area (Å²) in [5.41, 5.74) is -0.0707. The molecule has 0 aromatic carbocycles. The van der Waals surface area contributed by atoms with E-state index in [0.717, 1.165) is 44.2 Å². The van der Waals surface area contributed by atoms with E-state index in [1.54, 1.807) is 0 Å². The smallest absolute Gasteiger partial charge is 0.227 e. The van der Waals surface area contributed by atoms with Gasteiger partial charge in [0.1, 0.15) is 11.6 Å². The molecule has 6 nitrogen and oxygen atoms in total. The van der Waals surface area contributed by atoms with Crippen molar-refractivity contribution in [3.63, 3.8) is 0 Å². The second-order valence-corrected chi connectivity index (χ2v) is 7.36. The van der Waals surface area contributed by atoms with Gasteiger partial charge in [-0.1, -0.05) is 20.8 Å². The Balaban J connectivity index is 1.66. The van der Waals surface area contributed by atoms with Crippen LogP contribution in [0.3, 0.4) is 0 Å². The maximum Gasteiger partial charge on any atom is 0.227 e. The number of rotatable bonds is 2. The highest BCUT2D eigenvalue weighted by Crippen LogP contribution is 2.26. The largest absolute Gasteiger partial charge is 0.378 e. The van der Waals surface area contributed by atoms with Crippen LogP contribution >= 0.6 is 0 Å². The number of amides is 1. The Morgan fingerprint density at radius 3 is 2.70 bits per heavy atom. The van der Waals surface area contributed by atoms with Crippen molar-refractivity contribution < 1.29 is 9.53 Å². The molecule has 0 spiro atoms. The zero-order valence-corrected chi connectivity index (χ0v) is 14.3. The molecule has 1 aromatic rings. The molecule has 1 atom stereocenters. The van der Waals surface area contributed by atoms with Gasteiger partial charge in [-0.05, 0) is 12.5 Å². The van der Waals surface area contributed by atoms with Gasteiger partial charge >= 0.3 is 0 Å². The maximum absolute atomic E-state index is 12.6. The second kappa shape index (κ2) is 6.43. The highest BCUT2D eigenvalue weighted by Gasteiger charge is 2.33. The summed E-state index contributed by atoms with van der Waals surface area (Å²) in [6.45, 7) is 10.7. The van der Waals surface area contributed by atoms with Crippen LogP contribution < -0.4 is 4.90 Å². The summed E-state index contributed by atoms with van der Waals surface area (Å²) in [6, 6.07) is 1.94. The summed E-state index contributed by atoms with van der Waals surface area (Å²) in [7, 11) is 0. The molecular weight excluding hydrogens is 292 g/mol. The van der Waals surface area contributed by atoms with Gasteiger partial charge in [-0.15, -0.1) is 0 Å². The molecule has 2 fully saturated rings. The van der Waals surface area contributed by atoms with Crippen molar-refractivity contribution in [2.24, 2.45) is 5.92 Å². The van der Waals surface area contributed by atoms with Gasteiger partial charge in [0.05, 0.1) is 19.1 Å². The molecular formula is C17H26N4O2. The third-order valence-electron chi connectivity index (χ3n) is 4.50. The SMILES string of the molecule is CC(C)(C)c1nccc(N2CCC(C(=O)N3CCOCC3)C2)n1. The normalized spacial score (nSPS) is 22.5. The van der Waals surface area contributed by atoms with Crippen molar-refractivity contribution >= 4 is 11.7 Å². The average Bonchev–Trinajstić information content (AvgIpc) is 3.04. The second-order valence-electron chi connectivity index (χ2n) is 7.36. The predicted molar refractivity (Wildman–Crippen MR) is 88.5 cm³/mol. The molecule has 0 saturated carbocycles. The Kier molecular flexibility index (Phi) is 4.53. The molecule has 1 unspecified atom stereocenters. The Bertz CT molecular complexity index is 564. The van der Waals surface area contributed by atoms with Gasteiger partial charge in [-0.25, -0.2) is 9.97 Å². The van der Waals surface area contributed by atoms with Crippen molar-refractivity contribution in [2.45, 2.75) is 32.6 Å². The highest BCUT2D eigenvalue weighted by atomic mass is 16.5. The van der Waals surface area contributed by atoms with Crippen LogP contribution in [0.5, 0.6) is 0 Å². The number of aromatic nitrogens is 2. The molecule has 0 aliphatic carbocycles. The van der Waals surface area contributed by atoms with Crippen LogP contribution in [0.1, 0.15) is 33.0 Å². The topological polar surface area (TPSA) is 58.6 Å². The molecule has 6 heteroatoms. The fourth-order valence-corrected chi connectivity index (χ4v) is 3.10. The van der Waals surface area contributed by atoms with Crippen LogP contribution in [0.4, 0.5) is 5.82 Å². The summed E-state index contributed by atoms with van der Waals surface area (Å²) in [5, 5.41) is 0. The van der Waals surface area contributed by atoms with Crippen LogP contribution in [-0.2, 0) is 14.9 Å². The number of ether oxygens (including phenoxy) is 1. The van der Waals surface area contributed by atoms with Crippen molar-refractivity contribution in [3.8, 4) is 0 Å². The van der Waals surface area contributed by atoms with Crippen molar-refractivity contribution in [3.05, 3.63) is 18.1 Å². The summed E-state index contributed by atoms with van der Waals surface area (Å²) in [4.78, 5) is 25.9. The number of carbonyl (C=O) groups is 1. The zero-order chi connectivity index (χ0) is 16.4. The van der Waals surface area contributed by atoms with Crippen LogP contribution in [0.2, 0.25) is 0 Å². The standard InChI is InChI=1S/C17H26N4O2/c1-17(2,3)16-18-6-4-14(19-16)21-7-5-13(12-21)15(22)20-8-10-23-11-9-20/h4,6,13H,5,7-12H2,1-3H3. The lowest BCUT2D eigenvalue weighted by atomic mass is 9.96. The van der Waals surface area contributed by atoms with Crippen LogP contribution in [-0.4, -0.2) is 60.2 Å². The third-order valence-corrected chi connectivity index (χ3v) is 4.50. The summed E-state index contributed by atoms with van der Waals surface area (Å²) in [6.07, 6.45) is 2.71. The number of anilines is 1. The molecule has 1 amide bonds. The Morgan fingerprint density at radius 1 is 1.26 bits per heavy atom. The number of hydrogen-bond donors (Lipinski definition) is 0. The van der Waals surface area contributed by atoms with Crippen molar-refractivity contribution in [1.82, 2.24) is 14.9 Å². The average molecular weight is 318 g/mol. The third kappa shape index (κ3) is 3.63. The molecule has 0 radical (unpaired) electrons. The predicted octanol–water partition coefficient (Wildman–Crippen LogP) is 1.46. The maximum atomic E-state index is 12.6. The van der Waals surface area contributed by atoms with Gasteiger partial charge in [0.2, 0.25) is 5.91 Å². The molecule has 1 aromatic heterocycles. The first-order valence-electron chi connectivity index (χ1n) is 8.40. The van der Waals surface area contributed by atoms with Crippen LogP contribution in [0.15, 0.2) is 12.3 Å². The molecule has 126 valence electrons. The Hall–Kier alpha value is -1.69. The zero-order valence-electron chi connectivity index (χ0n) is 14.3. The first-order chi connectivity index (χ1) is 10.9. The van der Waals surface area contributed by atoms with E-state index in [-0.39, 0.29) is 17.2 Å². The number of carbonyl (C=O) groups excluding carboxylic acids is 1. The fraction of sp³-hybridized carbons (Fsp3) is 0.706. The Morgan fingerprint density at radius 2 is 2.00 bits per heavy atom. The molecule has 3 heterocycles. The van der Waals surface area contributed by atoms with Gasteiger partial charge in [0.15, 0.2) is 0 Å². The number of nitrogens with zero attached hydrogens (tertiary/aromatic N) is 4. The van der Waals surface area contributed by atoms with E-state index in [9.17, 15) is 4.79 Å². The molecule has 23 heavy (non-hydrogen) atoms. The van der Waals surface area contributed by atoms with Gasteiger partial charge in [0.25, 0.3) is 0 Å². The van der Waals surface area contributed by atoms with Crippen LogP contribution in [0.25, 0.3) is 0 Å². The van der Waals surface area contributed by atoms with Gasteiger partial charge in [0, 0.05) is 37.8 Å². The van der Waals surface area contributed by atoms with E-state index < -0.39 is 0 Å². The van der Waals surface area contributed by atoms with Gasteiger partial charge < -0.3 is 14.5 Å². The molecule has 0 bridgehead atoms.